The van der Waals surface area contributed by atoms with Crippen molar-refractivity contribution in [2.24, 2.45) is 0 Å². The number of anilines is 1. The number of carbonyl (C=O) groups excluding carboxylic acids is 1. The molecule has 10 heteroatoms. The molecular weight excluding hydrogens is 433 g/mol. The minimum absolute atomic E-state index is 0.147. The molecule has 1 amide bonds. The lowest BCUT2D eigenvalue weighted by molar-refractivity contribution is -0.274. The van der Waals surface area contributed by atoms with E-state index in [1.165, 1.54) is 11.3 Å². The molecule has 0 aliphatic carbocycles. The van der Waals surface area contributed by atoms with Gasteiger partial charge in [-0.25, -0.2) is 4.98 Å². The second kappa shape index (κ2) is 7.80. The summed E-state index contributed by atoms with van der Waals surface area (Å²) in [5, 5.41) is 22.6. The smallest absolute Gasteiger partial charge is 0.508 e. The maximum absolute atomic E-state index is 12.4. The first-order valence-corrected chi connectivity index (χ1v) is 9.60. The van der Waals surface area contributed by atoms with Crippen LogP contribution in [0.4, 0.5) is 18.9 Å². The summed E-state index contributed by atoms with van der Waals surface area (Å²) in [6.07, 6.45) is -4.92. The summed E-state index contributed by atoms with van der Waals surface area (Å²) in [4.78, 5) is 16.9. The van der Waals surface area contributed by atoms with Crippen LogP contribution in [0, 0.1) is 0 Å². The third kappa shape index (κ3) is 4.69. The summed E-state index contributed by atoms with van der Waals surface area (Å²) in [6, 6.07) is 14.2. The number of carbonyl (C=O) groups is 1. The number of hydrogen-bond acceptors (Lipinski definition) is 6. The fourth-order valence-electron chi connectivity index (χ4n) is 2.83. The lowest BCUT2D eigenvalue weighted by Gasteiger charge is -2.11. The van der Waals surface area contributed by atoms with Crippen LogP contribution in [0.2, 0.25) is 0 Å². The average Bonchev–Trinajstić information content (AvgIpc) is 3.12. The minimum Gasteiger partial charge on any atom is -0.508 e. The minimum atomic E-state index is -4.92. The van der Waals surface area contributed by atoms with E-state index in [9.17, 15) is 28.2 Å². The van der Waals surface area contributed by atoms with Gasteiger partial charge < -0.3 is 20.3 Å². The molecule has 0 spiro atoms. The SMILES string of the molecule is O=C(Nc1ccc(-c2nc3ccc(O)cc3s2)cc1)c1cc(OC(F)(F)F)ccc1O. The number of nitrogens with one attached hydrogen (secondary N) is 1. The Labute approximate surface area is 177 Å². The van der Waals surface area contributed by atoms with Gasteiger partial charge in [0.15, 0.2) is 0 Å². The largest absolute Gasteiger partial charge is 0.573 e. The van der Waals surface area contributed by atoms with E-state index in [4.69, 9.17) is 0 Å². The third-order valence-corrected chi connectivity index (χ3v) is 5.28. The van der Waals surface area contributed by atoms with Crippen molar-refractivity contribution in [1.29, 1.82) is 0 Å². The molecule has 0 saturated carbocycles. The van der Waals surface area contributed by atoms with Gasteiger partial charge in [-0.3, -0.25) is 4.79 Å². The number of nitrogens with zero attached hydrogens (tertiary/aromatic N) is 1. The second-order valence-corrected chi connectivity index (χ2v) is 7.46. The monoisotopic (exact) mass is 446 g/mol. The molecule has 3 aromatic carbocycles. The lowest BCUT2D eigenvalue weighted by Crippen LogP contribution is -2.18. The van der Waals surface area contributed by atoms with Gasteiger partial charge in [0.1, 0.15) is 22.3 Å². The molecule has 4 rings (SSSR count). The lowest BCUT2D eigenvalue weighted by atomic mass is 10.1. The fourth-order valence-corrected chi connectivity index (χ4v) is 3.83. The number of halogens is 3. The Morgan fingerprint density at radius 3 is 2.45 bits per heavy atom. The van der Waals surface area contributed by atoms with Crippen molar-refractivity contribution in [2.45, 2.75) is 6.36 Å². The average molecular weight is 446 g/mol. The summed E-state index contributed by atoms with van der Waals surface area (Å²) in [6.45, 7) is 0. The number of fused-ring (bicyclic) bond motifs is 1. The van der Waals surface area contributed by atoms with Crippen molar-refractivity contribution in [3.8, 4) is 27.8 Å². The predicted molar refractivity (Wildman–Crippen MR) is 109 cm³/mol. The summed E-state index contributed by atoms with van der Waals surface area (Å²) >= 11 is 1.39. The number of benzene rings is 3. The van der Waals surface area contributed by atoms with E-state index in [0.29, 0.717) is 10.7 Å². The second-order valence-electron chi connectivity index (χ2n) is 6.43. The molecule has 1 heterocycles. The highest BCUT2D eigenvalue weighted by Gasteiger charge is 2.31. The van der Waals surface area contributed by atoms with Crippen molar-refractivity contribution in [1.82, 2.24) is 4.98 Å². The number of amides is 1. The van der Waals surface area contributed by atoms with Crippen molar-refractivity contribution in [2.75, 3.05) is 5.32 Å². The zero-order valence-electron chi connectivity index (χ0n) is 15.5. The standard InChI is InChI=1S/C21H13F3N2O4S/c22-21(23,24)30-14-6-8-17(28)15(10-14)19(29)25-12-3-1-11(2-4-12)20-26-16-7-5-13(27)9-18(16)31-20/h1-10,27-28H,(H,25,29). The number of aromatic hydroxyl groups is 2. The first-order chi connectivity index (χ1) is 14.7. The number of rotatable bonds is 4. The van der Waals surface area contributed by atoms with Gasteiger partial charge >= 0.3 is 6.36 Å². The van der Waals surface area contributed by atoms with E-state index in [1.54, 1.807) is 42.5 Å². The normalized spacial score (nSPS) is 11.5. The molecular formula is C21H13F3N2O4S. The molecule has 0 fully saturated rings. The molecule has 158 valence electrons. The maximum atomic E-state index is 12.4. The highest BCUT2D eigenvalue weighted by molar-refractivity contribution is 7.21. The van der Waals surface area contributed by atoms with Crippen LogP contribution in [0.5, 0.6) is 17.2 Å². The van der Waals surface area contributed by atoms with Crippen molar-refractivity contribution >= 4 is 33.1 Å². The molecule has 3 N–H and O–H groups in total. The molecule has 4 aromatic rings. The molecule has 0 aliphatic heterocycles. The van der Waals surface area contributed by atoms with E-state index >= 15 is 0 Å². The van der Waals surface area contributed by atoms with Crippen LogP contribution < -0.4 is 10.1 Å². The molecule has 31 heavy (non-hydrogen) atoms. The number of hydrogen-bond donors (Lipinski definition) is 3. The van der Waals surface area contributed by atoms with E-state index in [1.807, 2.05) is 0 Å². The Morgan fingerprint density at radius 1 is 1.00 bits per heavy atom. The van der Waals surface area contributed by atoms with Crippen molar-refractivity contribution < 1.29 is 32.9 Å². The topological polar surface area (TPSA) is 91.7 Å². The van der Waals surface area contributed by atoms with Gasteiger partial charge in [0, 0.05) is 11.3 Å². The van der Waals surface area contributed by atoms with Gasteiger partial charge in [-0.15, -0.1) is 24.5 Å². The first kappa shape index (κ1) is 20.5. The third-order valence-electron chi connectivity index (χ3n) is 4.21. The van der Waals surface area contributed by atoms with Crippen LogP contribution in [0.25, 0.3) is 20.8 Å². The Bertz CT molecular complexity index is 1270. The zero-order chi connectivity index (χ0) is 22.2. The van der Waals surface area contributed by atoms with Crippen LogP contribution in [-0.4, -0.2) is 27.5 Å². The Balaban J connectivity index is 1.52. The van der Waals surface area contributed by atoms with Crippen LogP contribution in [-0.2, 0) is 0 Å². The summed E-state index contributed by atoms with van der Waals surface area (Å²) in [5.41, 5.74) is 1.53. The first-order valence-electron chi connectivity index (χ1n) is 8.78. The van der Waals surface area contributed by atoms with Gasteiger partial charge in [-0.1, -0.05) is 0 Å². The molecule has 0 bridgehead atoms. The Kier molecular flexibility index (Phi) is 5.15. The van der Waals surface area contributed by atoms with Gasteiger partial charge in [0.25, 0.3) is 5.91 Å². The van der Waals surface area contributed by atoms with E-state index < -0.39 is 23.8 Å². The van der Waals surface area contributed by atoms with Crippen molar-refractivity contribution in [3.05, 3.63) is 66.2 Å². The number of aromatic nitrogens is 1. The highest BCUT2D eigenvalue weighted by atomic mass is 32.1. The van der Waals surface area contributed by atoms with Crippen LogP contribution >= 0.6 is 11.3 Å². The van der Waals surface area contributed by atoms with Crippen LogP contribution in [0.3, 0.4) is 0 Å². The molecule has 0 saturated heterocycles. The number of ether oxygens (including phenoxy) is 1. The van der Waals surface area contributed by atoms with E-state index in [-0.39, 0.29) is 11.3 Å². The molecule has 6 nitrogen and oxygen atoms in total. The van der Waals surface area contributed by atoms with Crippen LogP contribution in [0.1, 0.15) is 10.4 Å². The molecule has 0 atom stereocenters. The van der Waals surface area contributed by atoms with Gasteiger partial charge in [-0.05, 0) is 60.7 Å². The predicted octanol–water partition coefficient (Wildman–Crippen LogP) is 5.53. The zero-order valence-corrected chi connectivity index (χ0v) is 16.3. The van der Waals surface area contributed by atoms with Gasteiger partial charge in [0.05, 0.1) is 15.8 Å². The number of phenols is 2. The highest BCUT2D eigenvalue weighted by Crippen LogP contribution is 2.33. The van der Waals surface area contributed by atoms with E-state index in [2.05, 4.69) is 15.0 Å². The van der Waals surface area contributed by atoms with Gasteiger partial charge in [0.2, 0.25) is 0 Å². The summed E-state index contributed by atoms with van der Waals surface area (Å²) < 4.78 is 41.8. The molecule has 0 unspecified atom stereocenters. The summed E-state index contributed by atoms with van der Waals surface area (Å²) in [5.74, 6) is -1.75. The van der Waals surface area contributed by atoms with Crippen molar-refractivity contribution in [3.63, 3.8) is 0 Å². The van der Waals surface area contributed by atoms with E-state index in [0.717, 1.165) is 34.0 Å². The number of phenolic OH excluding ortho intramolecular Hbond substituents is 2. The maximum Gasteiger partial charge on any atom is 0.573 e. The van der Waals surface area contributed by atoms with Crippen LogP contribution in [0.15, 0.2) is 60.7 Å². The quantitative estimate of drug-likeness (QED) is 0.384. The molecule has 0 aliphatic rings. The Hall–Kier alpha value is -3.79. The van der Waals surface area contributed by atoms with Gasteiger partial charge in [-0.2, -0.15) is 0 Å². The fraction of sp³-hybridized carbons (Fsp3) is 0.0476. The molecule has 1 aromatic heterocycles. The number of thiazole rings is 1. The summed E-state index contributed by atoms with van der Waals surface area (Å²) in [7, 11) is 0. The number of alkyl halides is 3. The Morgan fingerprint density at radius 2 is 1.74 bits per heavy atom. The molecule has 0 radical (unpaired) electrons.